The van der Waals surface area contributed by atoms with Gasteiger partial charge in [0, 0.05) is 6.54 Å². The van der Waals surface area contributed by atoms with Crippen LogP contribution in [0.5, 0.6) is 0 Å². The molecule has 1 heterocycles. The molecular formula is C9H14F3N3O2. The van der Waals surface area contributed by atoms with Crippen LogP contribution in [0.25, 0.3) is 0 Å². The third kappa shape index (κ3) is 1.86. The van der Waals surface area contributed by atoms with Crippen LogP contribution in [0.15, 0.2) is 0 Å². The summed E-state index contributed by atoms with van der Waals surface area (Å²) in [5.41, 5.74) is 1.31. The first-order valence-electron chi connectivity index (χ1n) is 4.91. The number of carbonyl (C=O) groups excluding carboxylic acids is 2. The summed E-state index contributed by atoms with van der Waals surface area (Å²) in [6, 6.07) is -1.08. The van der Waals surface area contributed by atoms with E-state index in [4.69, 9.17) is 5.73 Å². The molecule has 0 aliphatic carbocycles. The highest BCUT2D eigenvalue weighted by Gasteiger charge is 2.66. The molecule has 5 nitrogen and oxygen atoms in total. The van der Waals surface area contributed by atoms with Crippen molar-refractivity contribution < 1.29 is 22.8 Å². The van der Waals surface area contributed by atoms with E-state index in [1.807, 2.05) is 0 Å². The number of nitrogens with one attached hydrogen (secondary N) is 1. The maximum atomic E-state index is 12.7. The standard InChI is InChI=1S/C9H14F3N3O2/c1-7(2,4-13)15-5(16)8(3,9(10,11)12)14-6(15)17/h4,13H2,1-3H3,(H,14,17). The highest BCUT2D eigenvalue weighted by Crippen LogP contribution is 2.37. The highest BCUT2D eigenvalue weighted by atomic mass is 19.4. The minimum absolute atomic E-state index is 0.125. The summed E-state index contributed by atoms with van der Waals surface area (Å²) in [5, 5.41) is 1.67. The molecule has 1 unspecified atom stereocenters. The van der Waals surface area contributed by atoms with Gasteiger partial charge in [0.15, 0.2) is 0 Å². The molecule has 0 aromatic heterocycles. The SMILES string of the molecule is CC(C)(CN)N1C(=O)NC(C)(C(F)(F)F)C1=O. The zero-order valence-electron chi connectivity index (χ0n) is 9.68. The Labute approximate surface area is 96.1 Å². The fourth-order valence-electron chi connectivity index (χ4n) is 1.47. The van der Waals surface area contributed by atoms with Gasteiger partial charge in [0.25, 0.3) is 5.91 Å². The minimum Gasteiger partial charge on any atom is -0.328 e. The number of imide groups is 1. The second-order valence-corrected chi connectivity index (χ2v) is 4.71. The van der Waals surface area contributed by atoms with Crippen molar-refractivity contribution in [1.29, 1.82) is 0 Å². The molecule has 3 amide bonds. The molecule has 0 aromatic rings. The molecule has 98 valence electrons. The summed E-state index contributed by atoms with van der Waals surface area (Å²) in [5.74, 6) is -1.33. The van der Waals surface area contributed by atoms with Gasteiger partial charge < -0.3 is 11.1 Å². The third-order valence-corrected chi connectivity index (χ3v) is 2.86. The number of urea groups is 1. The van der Waals surface area contributed by atoms with Crippen molar-refractivity contribution in [2.24, 2.45) is 5.73 Å². The summed E-state index contributed by atoms with van der Waals surface area (Å²) in [6.07, 6.45) is -4.85. The van der Waals surface area contributed by atoms with Crippen LogP contribution in [-0.4, -0.2) is 40.6 Å². The third-order valence-electron chi connectivity index (χ3n) is 2.86. The molecule has 1 fully saturated rings. The lowest BCUT2D eigenvalue weighted by Gasteiger charge is -2.32. The van der Waals surface area contributed by atoms with Gasteiger partial charge in [-0.05, 0) is 20.8 Å². The van der Waals surface area contributed by atoms with Crippen molar-refractivity contribution in [1.82, 2.24) is 10.2 Å². The molecule has 0 bridgehead atoms. The van der Waals surface area contributed by atoms with Gasteiger partial charge in [-0.1, -0.05) is 0 Å². The lowest BCUT2D eigenvalue weighted by Crippen LogP contribution is -2.58. The van der Waals surface area contributed by atoms with Crippen LogP contribution >= 0.6 is 0 Å². The van der Waals surface area contributed by atoms with E-state index in [0.29, 0.717) is 11.8 Å². The smallest absolute Gasteiger partial charge is 0.328 e. The Balaban J connectivity index is 3.19. The van der Waals surface area contributed by atoms with Gasteiger partial charge in [0.2, 0.25) is 5.54 Å². The summed E-state index contributed by atoms with van der Waals surface area (Å²) in [7, 11) is 0. The summed E-state index contributed by atoms with van der Waals surface area (Å²) in [4.78, 5) is 23.8. The van der Waals surface area contributed by atoms with E-state index in [1.165, 1.54) is 13.8 Å². The first kappa shape index (κ1) is 13.8. The summed E-state index contributed by atoms with van der Waals surface area (Å²) in [6.45, 7) is 3.36. The Kier molecular flexibility index (Phi) is 2.91. The predicted molar refractivity (Wildman–Crippen MR) is 53.0 cm³/mol. The van der Waals surface area contributed by atoms with Crippen LogP contribution in [0.1, 0.15) is 20.8 Å². The van der Waals surface area contributed by atoms with Gasteiger partial charge >= 0.3 is 12.2 Å². The second-order valence-electron chi connectivity index (χ2n) is 4.71. The molecule has 8 heteroatoms. The normalized spacial score (nSPS) is 26.4. The fourth-order valence-corrected chi connectivity index (χ4v) is 1.47. The average molecular weight is 253 g/mol. The van der Waals surface area contributed by atoms with E-state index in [2.05, 4.69) is 0 Å². The lowest BCUT2D eigenvalue weighted by atomic mass is 9.98. The fraction of sp³-hybridized carbons (Fsp3) is 0.778. The molecule has 0 spiro atoms. The van der Waals surface area contributed by atoms with E-state index < -0.39 is 29.2 Å². The van der Waals surface area contributed by atoms with Crippen LogP contribution < -0.4 is 11.1 Å². The van der Waals surface area contributed by atoms with Gasteiger partial charge in [-0.3, -0.25) is 9.69 Å². The average Bonchev–Trinajstić information content (AvgIpc) is 2.38. The summed E-state index contributed by atoms with van der Waals surface area (Å²) >= 11 is 0. The maximum absolute atomic E-state index is 12.7. The van der Waals surface area contributed by atoms with E-state index in [1.54, 1.807) is 5.32 Å². The maximum Gasteiger partial charge on any atom is 0.420 e. The van der Waals surface area contributed by atoms with Crippen LogP contribution in [0.3, 0.4) is 0 Å². The van der Waals surface area contributed by atoms with Crippen molar-refractivity contribution in [2.75, 3.05) is 6.54 Å². The molecule has 1 aliphatic heterocycles. The van der Waals surface area contributed by atoms with Gasteiger partial charge in [0.1, 0.15) is 0 Å². The van der Waals surface area contributed by atoms with E-state index in [-0.39, 0.29) is 6.54 Å². The van der Waals surface area contributed by atoms with Crippen molar-refractivity contribution in [3.63, 3.8) is 0 Å². The summed E-state index contributed by atoms with van der Waals surface area (Å²) < 4.78 is 38.2. The Morgan fingerprint density at radius 3 is 2.12 bits per heavy atom. The van der Waals surface area contributed by atoms with Crippen molar-refractivity contribution in [2.45, 2.75) is 38.0 Å². The molecule has 1 rings (SSSR count). The number of hydrogen-bond acceptors (Lipinski definition) is 3. The number of alkyl halides is 3. The number of halogens is 3. The number of amides is 3. The largest absolute Gasteiger partial charge is 0.420 e. The lowest BCUT2D eigenvalue weighted by molar-refractivity contribution is -0.192. The number of hydrogen-bond donors (Lipinski definition) is 2. The van der Waals surface area contributed by atoms with Gasteiger partial charge in [-0.15, -0.1) is 0 Å². The molecule has 17 heavy (non-hydrogen) atoms. The van der Waals surface area contributed by atoms with Crippen LogP contribution in [0.2, 0.25) is 0 Å². The zero-order valence-corrected chi connectivity index (χ0v) is 9.68. The number of nitrogens with zero attached hydrogens (tertiary/aromatic N) is 1. The molecule has 1 aliphatic rings. The van der Waals surface area contributed by atoms with E-state index in [9.17, 15) is 22.8 Å². The minimum atomic E-state index is -4.85. The van der Waals surface area contributed by atoms with Crippen molar-refractivity contribution in [3.05, 3.63) is 0 Å². The van der Waals surface area contributed by atoms with Gasteiger partial charge in [0.05, 0.1) is 5.54 Å². The van der Waals surface area contributed by atoms with E-state index >= 15 is 0 Å². The molecule has 3 N–H and O–H groups in total. The second kappa shape index (κ2) is 3.59. The zero-order chi connectivity index (χ0) is 13.6. The van der Waals surface area contributed by atoms with Gasteiger partial charge in [-0.25, -0.2) is 4.79 Å². The molecule has 1 saturated heterocycles. The molecule has 0 radical (unpaired) electrons. The Bertz CT molecular complexity index is 367. The Hall–Kier alpha value is -1.31. The molecule has 0 saturated carbocycles. The van der Waals surface area contributed by atoms with E-state index in [0.717, 1.165) is 0 Å². The number of nitrogens with two attached hydrogens (primary N) is 1. The molecular weight excluding hydrogens is 239 g/mol. The predicted octanol–water partition coefficient (Wildman–Crippen LogP) is 0.597. The Morgan fingerprint density at radius 1 is 1.35 bits per heavy atom. The van der Waals surface area contributed by atoms with Crippen molar-refractivity contribution >= 4 is 11.9 Å². The highest BCUT2D eigenvalue weighted by molar-refractivity contribution is 6.08. The van der Waals surface area contributed by atoms with Crippen LogP contribution in [-0.2, 0) is 4.79 Å². The van der Waals surface area contributed by atoms with Gasteiger partial charge in [-0.2, -0.15) is 13.2 Å². The van der Waals surface area contributed by atoms with Crippen LogP contribution in [0, 0.1) is 0 Å². The first-order chi connectivity index (χ1) is 7.47. The topological polar surface area (TPSA) is 75.4 Å². The Morgan fingerprint density at radius 2 is 1.82 bits per heavy atom. The number of rotatable bonds is 2. The quantitative estimate of drug-likeness (QED) is 0.707. The molecule has 0 aromatic carbocycles. The first-order valence-corrected chi connectivity index (χ1v) is 4.91. The van der Waals surface area contributed by atoms with Crippen molar-refractivity contribution in [3.8, 4) is 0 Å². The molecule has 1 atom stereocenters. The monoisotopic (exact) mass is 253 g/mol. The number of carbonyl (C=O) groups is 2. The van der Waals surface area contributed by atoms with Crippen LogP contribution in [0.4, 0.5) is 18.0 Å².